The quantitative estimate of drug-likeness (QED) is 0.777. The van der Waals surface area contributed by atoms with Crippen molar-refractivity contribution in [1.82, 2.24) is 15.1 Å². The molecule has 130 valence electrons. The van der Waals surface area contributed by atoms with Gasteiger partial charge in [0.25, 0.3) is 0 Å². The number of carbonyl (C=O) groups is 2. The summed E-state index contributed by atoms with van der Waals surface area (Å²) in [6.07, 6.45) is 5.67. The van der Waals surface area contributed by atoms with E-state index in [0.717, 1.165) is 64.8 Å². The van der Waals surface area contributed by atoms with E-state index in [0.29, 0.717) is 18.9 Å². The molecule has 0 aromatic heterocycles. The lowest BCUT2D eigenvalue weighted by Gasteiger charge is -2.37. The van der Waals surface area contributed by atoms with Gasteiger partial charge in [0.05, 0.1) is 5.92 Å². The van der Waals surface area contributed by atoms with Crippen LogP contribution < -0.4 is 11.1 Å². The number of amides is 2. The Kier molecular flexibility index (Phi) is 5.54. The zero-order valence-corrected chi connectivity index (χ0v) is 14.0. The van der Waals surface area contributed by atoms with Crippen molar-refractivity contribution in [1.29, 1.82) is 0 Å². The Morgan fingerprint density at radius 1 is 1.00 bits per heavy atom. The summed E-state index contributed by atoms with van der Waals surface area (Å²) in [5.74, 6) is 0.765. The normalized spacial score (nSPS) is 32.1. The van der Waals surface area contributed by atoms with Crippen molar-refractivity contribution in [3.05, 3.63) is 0 Å². The summed E-state index contributed by atoms with van der Waals surface area (Å²) in [5.41, 5.74) is 6.09. The molecule has 0 radical (unpaired) electrons. The average molecular weight is 322 g/mol. The molecule has 6 heteroatoms. The molecule has 1 aliphatic carbocycles. The number of piperidine rings is 1. The molecule has 23 heavy (non-hydrogen) atoms. The highest BCUT2D eigenvalue weighted by atomic mass is 16.2. The average Bonchev–Trinajstić information content (AvgIpc) is 3.00. The molecule has 3 aliphatic rings. The summed E-state index contributed by atoms with van der Waals surface area (Å²) in [5, 5.41) is 3.27. The highest BCUT2D eigenvalue weighted by Gasteiger charge is 2.33. The van der Waals surface area contributed by atoms with Crippen molar-refractivity contribution in [3.63, 3.8) is 0 Å². The summed E-state index contributed by atoms with van der Waals surface area (Å²) in [4.78, 5) is 29.1. The number of hydrogen-bond donors (Lipinski definition) is 2. The number of nitrogens with one attached hydrogen (secondary N) is 1. The standard InChI is InChI=1S/C17H30N4O2/c18-15-5-1-3-13(15)11-16(22)21-8-2-4-14(12-21)17(23)20-9-6-19-7-10-20/h13-15,19H,1-12,18H2/t13-,14?,15+/m0/s1. The van der Waals surface area contributed by atoms with E-state index in [1.807, 2.05) is 9.80 Å². The fourth-order valence-corrected chi connectivity index (χ4v) is 4.22. The molecule has 0 bridgehead atoms. The summed E-state index contributed by atoms with van der Waals surface area (Å²) in [7, 11) is 0. The molecule has 2 saturated heterocycles. The van der Waals surface area contributed by atoms with Gasteiger partial charge in [-0.25, -0.2) is 0 Å². The van der Waals surface area contributed by atoms with Gasteiger partial charge in [0.15, 0.2) is 0 Å². The molecule has 3 atom stereocenters. The van der Waals surface area contributed by atoms with Gasteiger partial charge in [-0.2, -0.15) is 0 Å². The Hall–Kier alpha value is -1.14. The second-order valence-corrected chi connectivity index (χ2v) is 7.31. The molecule has 2 aliphatic heterocycles. The van der Waals surface area contributed by atoms with Gasteiger partial charge in [-0.3, -0.25) is 9.59 Å². The van der Waals surface area contributed by atoms with E-state index < -0.39 is 0 Å². The first kappa shape index (κ1) is 16.7. The summed E-state index contributed by atoms with van der Waals surface area (Å²) in [6, 6.07) is 0.182. The van der Waals surface area contributed by atoms with Gasteiger partial charge in [-0.05, 0) is 31.6 Å². The maximum absolute atomic E-state index is 12.7. The van der Waals surface area contributed by atoms with E-state index in [-0.39, 0.29) is 23.8 Å². The number of nitrogens with two attached hydrogens (primary N) is 1. The molecule has 0 aromatic carbocycles. The smallest absolute Gasteiger partial charge is 0.227 e. The lowest BCUT2D eigenvalue weighted by atomic mass is 9.94. The van der Waals surface area contributed by atoms with Crippen LogP contribution in [-0.4, -0.2) is 66.9 Å². The van der Waals surface area contributed by atoms with E-state index >= 15 is 0 Å². The fraction of sp³-hybridized carbons (Fsp3) is 0.882. The van der Waals surface area contributed by atoms with Gasteiger partial charge in [0.1, 0.15) is 0 Å². The van der Waals surface area contributed by atoms with Crippen LogP contribution in [0.1, 0.15) is 38.5 Å². The molecule has 6 nitrogen and oxygen atoms in total. The van der Waals surface area contributed by atoms with Crippen molar-refractivity contribution in [2.75, 3.05) is 39.3 Å². The predicted octanol–water partition coefficient (Wildman–Crippen LogP) is 0.174. The Morgan fingerprint density at radius 3 is 2.48 bits per heavy atom. The highest BCUT2D eigenvalue weighted by Crippen LogP contribution is 2.28. The van der Waals surface area contributed by atoms with Crippen LogP contribution in [-0.2, 0) is 9.59 Å². The fourth-order valence-electron chi connectivity index (χ4n) is 4.22. The second-order valence-electron chi connectivity index (χ2n) is 7.31. The molecule has 0 spiro atoms. The molecule has 2 amide bonds. The lowest BCUT2D eigenvalue weighted by Crippen LogP contribution is -2.52. The minimum atomic E-state index is -0.0111. The molecule has 3 rings (SSSR count). The Morgan fingerprint density at radius 2 is 1.78 bits per heavy atom. The van der Waals surface area contributed by atoms with Crippen molar-refractivity contribution in [3.8, 4) is 0 Å². The van der Waals surface area contributed by atoms with E-state index in [9.17, 15) is 9.59 Å². The third-order valence-electron chi connectivity index (χ3n) is 5.71. The summed E-state index contributed by atoms with van der Waals surface area (Å²) in [6.45, 7) is 4.73. The van der Waals surface area contributed by atoms with Gasteiger partial charge in [-0.15, -0.1) is 0 Å². The molecular formula is C17H30N4O2. The van der Waals surface area contributed by atoms with Crippen molar-refractivity contribution < 1.29 is 9.59 Å². The highest BCUT2D eigenvalue weighted by molar-refractivity contribution is 5.81. The molecule has 3 N–H and O–H groups in total. The van der Waals surface area contributed by atoms with Crippen LogP contribution in [0.4, 0.5) is 0 Å². The van der Waals surface area contributed by atoms with E-state index in [1.165, 1.54) is 0 Å². The Balaban J connectivity index is 1.52. The van der Waals surface area contributed by atoms with Gasteiger partial charge >= 0.3 is 0 Å². The number of hydrogen-bond acceptors (Lipinski definition) is 4. The Bertz CT molecular complexity index is 436. The maximum atomic E-state index is 12.7. The molecule has 1 unspecified atom stereocenters. The Labute approximate surface area is 138 Å². The van der Waals surface area contributed by atoms with E-state index in [4.69, 9.17) is 5.73 Å². The van der Waals surface area contributed by atoms with Crippen LogP contribution in [0.3, 0.4) is 0 Å². The van der Waals surface area contributed by atoms with Gasteiger partial charge in [0.2, 0.25) is 11.8 Å². The van der Waals surface area contributed by atoms with Crippen molar-refractivity contribution in [2.45, 2.75) is 44.6 Å². The zero-order valence-electron chi connectivity index (χ0n) is 14.0. The zero-order chi connectivity index (χ0) is 16.2. The summed E-state index contributed by atoms with van der Waals surface area (Å²) >= 11 is 0. The topological polar surface area (TPSA) is 78.7 Å². The van der Waals surface area contributed by atoms with Gasteiger partial charge in [0, 0.05) is 51.7 Å². The second kappa shape index (κ2) is 7.62. The van der Waals surface area contributed by atoms with Crippen molar-refractivity contribution >= 4 is 11.8 Å². The number of piperazine rings is 1. The minimum Gasteiger partial charge on any atom is -0.342 e. The number of rotatable bonds is 3. The molecule has 2 heterocycles. The number of carbonyl (C=O) groups excluding carboxylic acids is 2. The van der Waals surface area contributed by atoms with Gasteiger partial charge < -0.3 is 20.9 Å². The first-order valence-electron chi connectivity index (χ1n) is 9.18. The van der Waals surface area contributed by atoms with Crippen LogP contribution in [0.25, 0.3) is 0 Å². The van der Waals surface area contributed by atoms with Crippen molar-refractivity contribution in [2.24, 2.45) is 17.6 Å². The minimum absolute atomic E-state index is 0.0111. The van der Waals surface area contributed by atoms with Crippen LogP contribution in [0.5, 0.6) is 0 Å². The first-order valence-corrected chi connectivity index (χ1v) is 9.18. The number of nitrogens with zero attached hydrogens (tertiary/aromatic N) is 2. The number of likely N-dealkylation sites (tertiary alicyclic amines) is 1. The van der Waals surface area contributed by atoms with Crippen LogP contribution in [0, 0.1) is 11.8 Å². The van der Waals surface area contributed by atoms with Crippen LogP contribution in [0.2, 0.25) is 0 Å². The first-order chi connectivity index (χ1) is 11.1. The van der Waals surface area contributed by atoms with E-state index in [1.54, 1.807) is 0 Å². The molecular weight excluding hydrogens is 292 g/mol. The third-order valence-corrected chi connectivity index (χ3v) is 5.71. The van der Waals surface area contributed by atoms with Crippen LogP contribution >= 0.6 is 0 Å². The molecule has 0 aromatic rings. The molecule has 1 saturated carbocycles. The predicted molar refractivity (Wildman–Crippen MR) is 88.7 cm³/mol. The SMILES string of the molecule is N[C@@H]1CCC[C@H]1CC(=O)N1CCCC(C(=O)N2CCNCC2)C1. The summed E-state index contributed by atoms with van der Waals surface area (Å²) < 4.78 is 0. The van der Waals surface area contributed by atoms with Gasteiger partial charge in [-0.1, -0.05) is 6.42 Å². The maximum Gasteiger partial charge on any atom is 0.227 e. The lowest BCUT2D eigenvalue weighted by molar-refractivity contribution is -0.141. The molecule has 3 fully saturated rings. The van der Waals surface area contributed by atoms with E-state index in [2.05, 4.69) is 5.32 Å². The largest absolute Gasteiger partial charge is 0.342 e. The monoisotopic (exact) mass is 322 g/mol. The van der Waals surface area contributed by atoms with Crippen LogP contribution in [0.15, 0.2) is 0 Å². The third kappa shape index (κ3) is 4.04.